The van der Waals surface area contributed by atoms with Crippen LogP contribution in [0.15, 0.2) is 42.5 Å². The second-order valence-electron chi connectivity index (χ2n) is 7.10. The van der Waals surface area contributed by atoms with E-state index < -0.39 is 0 Å². The van der Waals surface area contributed by atoms with Crippen LogP contribution in [0.3, 0.4) is 0 Å². The highest BCUT2D eigenvalue weighted by atomic mass is 35.5. The van der Waals surface area contributed by atoms with Crippen LogP contribution in [0.1, 0.15) is 24.2 Å². The zero-order valence-electron chi connectivity index (χ0n) is 15.9. The van der Waals surface area contributed by atoms with Crippen molar-refractivity contribution in [2.24, 2.45) is 5.92 Å². The molecule has 7 heteroatoms. The molecule has 0 unspecified atom stereocenters. The highest BCUT2D eigenvalue weighted by Gasteiger charge is 2.22. The van der Waals surface area contributed by atoms with Crippen LogP contribution in [0, 0.1) is 5.92 Å². The van der Waals surface area contributed by atoms with Gasteiger partial charge in [0.2, 0.25) is 5.91 Å². The predicted octanol–water partition coefficient (Wildman–Crippen LogP) is 4.55. The van der Waals surface area contributed by atoms with Gasteiger partial charge in [-0.25, -0.2) is 0 Å². The van der Waals surface area contributed by atoms with Crippen molar-refractivity contribution in [1.29, 1.82) is 0 Å². The van der Waals surface area contributed by atoms with Gasteiger partial charge in [0.05, 0.1) is 10.0 Å². The quantitative estimate of drug-likeness (QED) is 0.790. The van der Waals surface area contributed by atoms with Crippen LogP contribution in [0.4, 0.5) is 11.4 Å². The van der Waals surface area contributed by atoms with E-state index in [2.05, 4.69) is 10.2 Å². The van der Waals surface area contributed by atoms with Crippen LogP contribution in [-0.2, 0) is 4.79 Å². The van der Waals surface area contributed by atoms with E-state index in [1.54, 1.807) is 18.2 Å². The van der Waals surface area contributed by atoms with E-state index in [-0.39, 0.29) is 17.7 Å². The lowest BCUT2D eigenvalue weighted by molar-refractivity contribution is -0.134. The maximum Gasteiger partial charge on any atom is 0.255 e. The number of amides is 2. The van der Waals surface area contributed by atoms with Gasteiger partial charge in [0, 0.05) is 49.0 Å². The third kappa shape index (κ3) is 4.78. The highest BCUT2D eigenvalue weighted by Crippen LogP contribution is 2.24. The van der Waals surface area contributed by atoms with Crippen molar-refractivity contribution in [3.05, 3.63) is 58.1 Å². The molecule has 0 atom stereocenters. The number of carbonyl (C=O) groups excluding carboxylic acids is 2. The molecule has 0 saturated carbocycles. The summed E-state index contributed by atoms with van der Waals surface area (Å²) in [5.74, 6) is -0.00268. The fourth-order valence-corrected chi connectivity index (χ4v) is 3.44. The molecule has 1 saturated heterocycles. The summed E-state index contributed by atoms with van der Waals surface area (Å²) in [5, 5.41) is 3.62. The van der Waals surface area contributed by atoms with Crippen molar-refractivity contribution in [1.82, 2.24) is 4.90 Å². The first kappa shape index (κ1) is 20.5. The maximum absolute atomic E-state index is 12.4. The molecule has 0 spiro atoms. The molecule has 1 aliphatic rings. The molecule has 0 aromatic heterocycles. The Morgan fingerprint density at radius 1 is 0.929 bits per heavy atom. The third-order valence-electron chi connectivity index (χ3n) is 4.76. The van der Waals surface area contributed by atoms with Crippen molar-refractivity contribution >= 4 is 46.4 Å². The Morgan fingerprint density at radius 2 is 1.57 bits per heavy atom. The number of piperazine rings is 1. The van der Waals surface area contributed by atoms with E-state index in [1.807, 2.05) is 43.0 Å². The zero-order chi connectivity index (χ0) is 20.3. The zero-order valence-corrected chi connectivity index (χ0v) is 17.4. The maximum atomic E-state index is 12.4. The number of carbonyl (C=O) groups is 2. The molecule has 1 N–H and O–H groups in total. The average molecular weight is 420 g/mol. The number of nitrogens with one attached hydrogen (secondary N) is 1. The normalized spacial score (nSPS) is 14.3. The minimum Gasteiger partial charge on any atom is -0.368 e. The first-order chi connectivity index (χ1) is 13.3. The summed E-state index contributed by atoms with van der Waals surface area (Å²) in [6.45, 7) is 6.92. The molecular weight excluding hydrogens is 397 g/mol. The summed E-state index contributed by atoms with van der Waals surface area (Å²) in [7, 11) is 0. The van der Waals surface area contributed by atoms with Crippen LogP contribution in [0.25, 0.3) is 0 Å². The van der Waals surface area contributed by atoms with Crippen molar-refractivity contribution in [2.75, 3.05) is 36.4 Å². The Balaban J connectivity index is 1.59. The highest BCUT2D eigenvalue weighted by molar-refractivity contribution is 6.42. The minimum absolute atomic E-state index is 0.0324. The molecule has 28 heavy (non-hydrogen) atoms. The standard InChI is InChI=1S/C21H23Cl2N3O2/c1-14(2)21(28)26-11-9-25(10-12-26)17-6-4-16(5-7-17)24-20(27)15-3-8-18(22)19(23)13-15/h3-8,13-14H,9-12H2,1-2H3,(H,24,27). The number of rotatable bonds is 4. The monoisotopic (exact) mass is 419 g/mol. The van der Waals surface area contributed by atoms with E-state index in [0.717, 1.165) is 31.9 Å². The van der Waals surface area contributed by atoms with Crippen LogP contribution < -0.4 is 10.2 Å². The number of nitrogens with zero attached hydrogens (tertiary/aromatic N) is 2. The molecule has 2 amide bonds. The van der Waals surface area contributed by atoms with Crippen molar-refractivity contribution in [2.45, 2.75) is 13.8 Å². The molecule has 1 heterocycles. The van der Waals surface area contributed by atoms with E-state index in [9.17, 15) is 9.59 Å². The van der Waals surface area contributed by atoms with Gasteiger partial charge in [0.15, 0.2) is 0 Å². The molecule has 0 radical (unpaired) electrons. The van der Waals surface area contributed by atoms with Gasteiger partial charge in [-0.05, 0) is 42.5 Å². The van der Waals surface area contributed by atoms with E-state index >= 15 is 0 Å². The van der Waals surface area contributed by atoms with Gasteiger partial charge in [0.1, 0.15) is 0 Å². The number of hydrogen-bond donors (Lipinski definition) is 1. The Morgan fingerprint density at radius 3 is 2.14 bits per heavy atom. The first-order valence-corrected chi connectivity index (χ1v) is 10.0. The van der Waals surface area contributed by atoms with Gasteiger partial charge in [-0.3, -0.25) is 9.59 Å². The van der Waals surface area contributed by atoms with Gasteiger partial charge in [-0.15, -0.1) is 0 Å². The van der Waals surface area contributed by atoms with E-state index in [4.69, 9.17) is 23.2 Å². The smallest absolute Gasteiger partial charge is 0.255 e. The molecule has 5 nitrogen and oxygen atoms in total. The molecule has 2 aromatic carbocycles. The Bertz CT molecular complexity index is 860. The van der Waals surface area contributed by atoms with Crippen LogP contribution in [0.2, 0.25) is 10.0 Å². The lowest BCUT2D eigenvalue weighted by Gasteiger charge is -2.37. The van der Waals surface area contributed by atoms with Crippen molar-refractivity contribution in [3.8, 4) is 0 Å². The molecule has 1 aliphatic heterocycles. The molecule has 3 rings (SSSR count). The summed E-state index contributed by atoms with van der Waals surface area (Å²) in [5.41, 5.74) is 2.22. The SMILES string of the molecule is CC(C)C(=O)N1CCN(c2ccc(NC(=O)c3ccc(Cl)c(Cl)c3)cc2)CC1. The number of hydrogen-bond acceptors (Lipinski definition) is 3. The van der Waals surface area contributed by atoms with Crippen molar-refractivity contribution in [3.63, 3.8) is 0 Å². The van der Waals surface area contributed by atoms with Crippen LogP contribution >= 0.6 is 23.2 Å². The summed E-state index contributed by atoms with van der Waals surface area (Å²) in [4.78, 5) is 28.6. The fourth-order valence-electron chi connectivity index (χ4n) is 3.15. The van der Waals surface area contributed by atoms with Gasteiger partial charge >= 0.3 is 0 Å². The van der Waals surface area contributed by atoms with Gasteiger partial charge in [0.25, 0.3) is 5.91 Å². The lowest BCUT2D eigenvalue weighted by atomic mass is 10.1. The molecule has 2 aromatic rings. The molecule has 148 valence electrons. The van der Waals surface area contributed by atoms with Crippen molar-refractivity contribution < 1.29 is 9.59 Å². The Hall–Kier alpha value is -2.24. The summed E-state index contributed by atoms with van der Waals surface area (Å²) < 4.78 is 0. The van der Waals surface area contributed by atoms with Gasteiger partial charge in [-0.2, -0.15) is 0 Å². The molecule has 0 bridgehead atoms. The topological polar surface area (TPSA) is 52.7 Å². The van der Waals surface area contributed by atoms with E-state index in [0.29, 0.717) is 21.3 Å². The second kappa shape index (κ2) is 8.84. The minimum atomic E-state index is -0.243. The number of halogens is 2. The lowest BCUT2D eigenvalue weighted by Crippen LogP contribution is -2.49. The molecule has 0 aliphatic carbocycles. The summed E-state index contributed by atoms with van der Waals surface area (Å²) in [6.07, 6.45) is 0. The number of benzene rings is 2. The molecular formula is C21H23Cl2N3O2. The largest absolute Gasteiger partial charge is 0.368 e. The van der Waals surface area contributed by atoms with Crippen LogP contribution in [-0.4, -0.2) is 42.9 Å². The first-order valence-electron chi connectivity index (χ1n) is 9.25. The molecule has 1 fully saturated rings. The summed E-state index contributed by atoms with van der Waals surface area (Å²) in [6, 6.07) is 12.5. The number of anilines is 2. The van der Waals surface area contributed by atoms with Gasteiger partial charge in [-0.1, -0.05) is 37.0 Å². The van der Waals surface area contributed by atoms with Crippen LogP contribution in [0.5, 0.6) is 0 Å². The fraction of sp³-hybridized carbons (Fsp3) is 0.333. The predicted molar refractivity (Wildman–Crippen MR) is 114 cm³/mol. The Labute approximate surface area is 175 Å². The second-order valence-corrected chi connectivity index (χ2v) is 7.91. The van der Waals surface area contributed by atoms with E-state index in [1.165, 1.54) is 0 Å². The van der Waals surface area contributed by atoms with Gasteiger partial charge < -0.3 is 15.1 Å². The summed E-state index contributed by atoms with van der Waals surface area (Å²) >= 11 is 11.9. The third-order valence-corrected chi connectivity index (χ3v) is 5.50. The Kier molecular flexibility index (Phi) is 6.47. The average Bonchev–Trinajstić information content (AvgIpc) is 2.70.